The lowest BCUT2D eigenvalue weighted by atomic mass is 9.59. The number of nitrogens with one attached hydrogen (secondary N) is 1. The highest BCUT2D eigenvalue weighted by atomic mass is 14.9. The van der Waals surface area contributed by atoms with Crippen LogP contribution in [0.15, 0.2) is 0 Å². The summed E-state index contributed by atoms with van der Waals surface area (Å²) in [4.78, 5) is 0. The second-order valence-electron chi connectivity index (χ2n) is 10.4. The number of hydrogen-bond acceptors (Lipinski definition) is 1. The largest absolute Gasteiger partial charge is 0.314 e. The van der Waals surface area contributed by atoms with Crippen LogP contribution in [-0.4, -0.2) is 12.6 Å². The summed E-state index contributed by atoms with van der Waals surface area (Å²) in [6, 6.07) is 0.697. The maximum atomic E-state index is 3.87. The van der Waals surface area contributed by atoms with E-state index in [1.165, 1.54) is 57.9 Å². The Morgan fingerprint density at radius 1 is 0.923 bits per heavy atom. The van der Waals surface area contributed by atoms with E-state index in [1.807, 2.05) is 0 Å². The highest BCUT2D eigenvalue weighted by Gasteiger charge is 2.43. The molecule has 2 fully saturated rings. The molecule has 0 bridgehead atoms. The third kappa shape index (κ3) is 5.27. The van der Waals surface area contributed by atoms with Crippen LogP contribution >= 0.6 is 0 Å². The molecule has 0 spiro atoms. The van der Waals surface area contributed by atoms with E-state index in [0.29, 0.717) is 6.04 Å². The zero-order valence-corrected chi connectivity index (χ0v) is 19.1. The van der Waals surface area contributed by atoms with Gasteiger partial charge in [-0.2, -0.15) is 0 Å². The van der Waals surface area contributed by atoms with Gasteiger partial charge in [-0.25, -0.2) is 0 Å². The fourth-order valence-corrected chi connectivity index (χ4v) is 7.13. The van der Waals surface area contributed by atoms with Crippen molar-refractivity contribution in [3.63, 3.8) is 0 Å². The van der Waals surface area contributed by atoms with Gasteiger partial charge in [-0.15, -0.1) is 0 Å². The van der Waals surface area contributed by atoms with Crippen molar-refractivity contribution in [1.82, 2.24) is 5.32 Å². The molecular weight excluding hydrogens is 314 g/mol. The molecular formula is C25H49N. The normalized spacial score (nSPS) is 36.7. The predicted molar refractivity (Wildman–Crippen MR) is 116 cm³/mol. The summed E-state index contributed by atoms with van der Waals surface area (Å²) in [6.07, 6.45) is 11.5. The van der Waals surface area contributed by atoms with Crippen LogP contribution in [0.25, 0.3) is 0 Å². The van der Waals surface area contributed by atoms with Crippen LogP contribution in [0, 0.1) is 47.3 Å². The Morgan fingerprint density at radius 2 is 1.58 bits per heavy atom. The molecule has 1 aliphatic heterocycles. The van der Waals surface area contributed by atoms with Crippen LogP contribution in [0.3, 0.4) is 0 Å². The summed E-state index contributed by atoms with van der Waals surface area (Å²) in [5, 5.41) is 3.87. The second-order valence-corrected chi connectivity index (χ2v) is 10.4. The molecule has 1 N–H and O–H groups in total. The van der Waals surface area contributed by atoms with Crippen LogP contribution in [0.4, 0.5) is 0 Å². The van der Waals surface area contributed by atoms with Crippen molar-refractivity contribution >= 4 is 0 Å². The van der Waals surface area contributed by atoms with Crippen LogP contribution in [0.2, 0.25) is 0 Å². The van der Waals surface area contributed by atoms with Crippen LogP contribution < -0.4 is 5.32 Å². The molecule has 26 heavy (non-hydrogen) atoms. The maximum absolute atomic E-state index is 3.87. The van der Waals surface area contributed by atoms with E-state index in [0.717, 1.165) is 47.3 Å². The van der Waals surface area contributed by atoms with Gasteiger partial charge in [0.25, 0.3) is 0 Å². The van der Waals surface area contributed by atoms with Gasteiger partial charge >= 0.3 is 0 Å². The van der Waals surface area contributed by atoms with Crippen molar-refractivity contribution in [2.45, 2.75) is 106 Å². The van der Waals surface area contributed by atoms with Gasteiger partial charge in [0.2, 0.25) is 0 Å². The van der Waals surface area contributed by atoms with Crippen molar-refractivity contribution < 1.29 is 0 Å². The molecule has 2 aliphatic rings. The molecule has 1 nitrogen and oxygen atoms in total. The minimum Gasteiger partial charge on any atom is -0.314 e. The Bertz CT molecular complexity index is 382. The standard InChI is InChI=1S/C25H49N/c1-8-10-18(5)24(17(3)4)23-15-16-26-20(7)25(23)19(6)22-13-11-21(9-2)12-14-22/h17-26H,8-16H2,1-7H3/t18?,19?,20-,21?,22?,23?,24?,25?/m1/s1. The minimum atomic E-state index is 0.697. The van der Waals surface area contributed by atoms with Crippen molar-refractivity contribution in [3.05, 3.63) is 0 Å². The third-order valence-electron chi connectivity index (χ3n) is 8.50. The highest BCUT2D eigenvalue weighted by Crippen LogP contribution is 2.47. The van der Waals surface area contributed by atoms with Gasteiger partial charge in [0.1, 0.15) is 0 Å². The first-order chi connectivity index (χ1) is 12.4. The minimum absolute atomic E-state index is 0.697. The van der Waals surface area contributed by atoms with E-state index in [9.17, 15) is 0 Å². The average molecular weight is 364 g/mol. The first-order valence-electron chi connectivity index (χ1n) is 12.1. The van der Waals surface area contributed by atoms with Gasteiger partial charge in [-0.1, -0.05) is 73.6 Å². The highest BCUT2D eigenvalue weighted by molar-refractivity contribution is 4.95. The predicted octanol–water partition coefficient (Wildman–Crippen LogP) is 7.16. The lowest BCUT2D eigenvalue weighted by Gasteiger charge is -2.50. The van der Waals surface area contributed by atoms with E-state index in [2.05, 4.69) is 53.8 Å². The summed E-state index contributed by atoms with van der Waals surface area (Å²) in [5.74, 6) is 7.27. The van der Waals surface area contributed by atoms with Crippen molar-refractivity contribution in [3.8, 4) is 0 Å². The summed E-state index contributed by atoms with van der Waals surface area (Å²) in [5.41, 5.74) is 0. The van der Waals surface area contributed by atoms with Gasteiger partial charge in [0, 0.05) is 6.04 Å². The van der Waals surface area contributed by atoms with Gasteiger partial charge in [0.05, 0.1) is 0 Å². The SMILES string of the molecule is CCCC(C)C(C(C)C)C1CCN[C@H](C)C1C(C)C1CCC(CC)CC1. The van der Waals surface area contributed by atoms with Crippen molar-refractivity contribution in [2.75, 3.05) is 6.54 Å². The van der Waals surface area contributed by atoms with Crippen molar-refractivity contribution in [2.24, 2.45) is 47.3 Å². The fourth-order valence-electron chi connectivity index (χ4n) is 7.13. The number of piperidine rings is 1. The van der Waals surface area contributed by atoms with Crippen molar-refractivity contribution in [1.29, 1.82) is 0 Å². The Balaban J connectivity index is 2.15. The molecule has 1 heterocycles. The second kappa shape index (κ2) is 10.5. The summed E-state index contributed by atoms with van der Waals surface area (Å²) in [6.45, 7) is 18.7. The summed E-state index contributed by atoms with van der Waals surface area (Å²) < 4.78 is 0. The van der Waals surface area contributed by atoms with Crippen LogP contribution in [0.5, 0.6) is 0 Å². The molecule has 0 aromatic rings. The van der Waals surface area contributed by atoms with E-state index < -0.39 is 0 Å². The molecule has 1 saturated heterocycles. The molecule has 1 aliphatic carbocycles. The Kier molecular flexibility index (Phi) is 8.98. The lowest BCUT2D eigenvalue weighted by molar-refractivity contribution is 0.0125. The molecule has 1 saturated carbocycles. The van der Waals surface area contributed by atoms with Gasteiger partial charge in [-0.05, 0) is 80.1 Å². The van der Waals surface area contributed by atoms with Gasteiger partial charge in [-0.3, -0.25) is 0 Å². The lowest BCUT2D eigenvalue weighted by Crippen LogP contribution is -2.52. The van der Waals surface area contributed by atoms with Gasteiger partial charge < -0.3 is 5.32 Å². The number of rotatable bonds is 8. The zero-order valence-electron chi connectivity index (χ0n) is 19.1. The monoisotopic (exact) mass is 363 g/mol. The zero-order chi connectivity index (χ0) is 19.3. The molecule has 2 rings (SSSR count). The number of hydrogen-bond donors (Lipinski definition) is 1. The Hall–Kier alpha value is -0.0400. The van der Waals surface area contributed by atoms with Crippen LogP contribution in [0.1, 0.15) is 99.8 Å². The van der Waals surface area contributed by atoms with Crippen LogP contribution in [-0.2, 0) is 0 Å². The molecule has 0 aromatic heterocycles. The molecule has 0 aromatic carbocycles. The molecule has 1 heteroatoms. The first-order valence-corrected chi connectivity index (χ1v) is 12.1. The smallest absolute Gasteiger partial charge is 0.00724 e. The fraction of sp³-hybridized carbons (Fsp3) is 1.00. The third-order valence-corrected chi connectivity index (χ3v) is 8.50. The van der Waals surface area contributed by atoms with E-state index in [-0.39, 0.29) is 0 Å². The average Bonchev–Trinajstić information content (AvgIpc) is 2.61. The Morgan fingerprint density at radius 3 is 2.12 bits per heavy atom. The topological polar surface area (TPSA) is 12.0 Å². The van der Waals surface area contributed by atoms with E-state index in [1.54, 1.807) is 0 Å². The summed E-state index contributed by atoms with van der Waals surface area (Å²) >= 11 is 0. The maximum Gasteiger partial charge on any atom is 0.00724 e. The molecule has 5 unspecified atom stereocenters. The molecule has 0 radical (unpaired) electrons. The summed E-state index contributed by atoms with van der Waals surface area (Å²) in [7, 11) is 0. The molecule has 0 amide bonds. The molecule has 6 atom stereocenters. The Labute approximate surface area is 165 Å². The van der Waals surface area contributed by atoms with E-state index >= 15 is 0 Å². The molecule has 154 valence electrons. The van der Waals surface area contributed by atoms with Gasteiger partial charge in [0.15, 0.2) is 0 Å². The van der Waals surface area contributed by atoms with E-state index in [4.69, 9.17) is 0 Å². The quantitative estimate of drug-likeness (QED) is 0.482. The first kappa shape index (κ1) is 22.3.